The van der Waals surface area contributed by atoms with Crippen molar-refractivity contribution in [2.24, 2.45) is 0 Å². The SMILES string of the molecule is Cc1cc(NNC(=O)Nc2ccc(N(CCCl)CCCl)cc2)c2cc3c(cc2n1)OCO3. The monoisotopic (exact) mass is 475 g/mol. The molecule has 0 radical (unpaired) electrons. The molecule has 0 fully saturated rings. The van der Waals surface area contributed by atoms with Crippen LogP contribution in [0.4, 0.5) is 21.9 Å². The Morgan fingerprint density at radius 3 is 2.44 bits per heavy atom. The maximum Gasteiger partial charge on any atom is 0.337 e. The second-order valence-electron chi connectivity index (χ2n) is 7.15. The van der Waals surface area contributed by atoms with Crippen molar-refractivity contribution in [2.75, 3.05) is 47.3 Å². The Morgan fingerprint density at radius 2 is 1.75 bits per heavy atom. The van der Waals surface area contributed by atoms with Gasteiger partial charge in [0, 0.05) is 53.4 Å². The van der Waals surface area contributed by atoms with Gasteiger partial charge in [-0.3, -0.25) is 15.8 Å². The van der Waals surface area contributed by atoms with Gasteiger partial charge in [-0.05, 0) is 43.3 Å². The predicted octanol–water partition coefficient (Wildman–Crippen LogP) is 4.70. The number of nitrogens with zero attached hydrogens (tertiary/aromatic N) is 2. The number of hydrogen-bond acceptors (Lipinski definition) is 6. The van der Waals surface area contributed by atoms with Crippen molar-refractivity contribution >= 4 is 57.2 Å². The Labute approximate surface area is 195 Å². The number of hydrogen-bond donors (Lipinski definition) is 3. The van der Waals surface area contributed by atoms with E-state index in [4.69, 9.17) is 32.7 Å². The highest BCUT2D eigenvalue weighted by Gasteiger charge is 2.17. The second-order valence-corrected chi connectivity index (χ2v) is 7.91. The summed E-state index contributed by atoms with van der Waals surface area (Å²) >= 11 is 11.7. The average Bonchev–Trinajstić information content (AvgIpc) is 3.24. The number of nitrogens with one attached hydrogen (secondary N) is 3. The summed E-state index contributed by atoms with van der Waals surface area (Å²) < 4.78 is 10.9. The van der Waals surface area contributed by atoms with Crippen molar-refractivity contribution in [2.45, 2.75) is 6.92 Å². The van der Waals surface area contributed by atoms with Gasteiger partial charge in [-0.15, -0.1) is 23.2 Å². The van der Waals surface area contributed by atoms with E-state index in [9.17, 15) is 4.79 Å². The molecule has 2 amide bonds. The minimum atomic E-state index is -0.403. The molecule has 0 spiro atoms. The first-order chi connectivity index (χ1) is 15.6. The van der Waals surface area contributed by atoms with Gasteiger partial charge in [0.05, 0.1) is 11.2 Å². The Bertz CT molecular complexity index is 1100. The van der Waals surface area contributed by atoms with Crippen LogP contribution in [0.3, 0.4) is 0 Å². The Morgan fingerprint density at radius 1 is 1.06 bits per heavy atom. The molecule has 0 bridgehead atoms. The molecular weight excluding hydrogens is 453 g/mol. The van der Waals surface area contributed by atoms with Crippen LogP contribution >= 0.6 is 23.2 Å². The summed E-state index contributed by atoms with van der Waals surface area (Å²) in [6, 6.07) is 12.6. The van der Waals surface area contributed by atoms with Gasteiger partial charge < -0.3 is 19.7 Å². The van der Waals surface area contributed by atoms with Crippen molar-refractivity contribution < 1.29 is 14.3 Å². The molecule has 0 unspecified atom stereocenters. The maximum atomic E-state index is 12.4. The molecule has 3 aromatic rings. The number of urea groups is 1. The zero-order chi connectivity index (χ0) is 22.5. The lowest BCUT2D eigenvalue weighted by Crippen LogP contribution is -2.33. The molecule has 8 nitrogen and oxygen atoms in total. The number of fused-ring (bicyclic) bond motifs is 2. The molecule has 1 aliphatic rings. The van der Waals surface area contributed by atoms with Gasteiger partial charge in [0.2, 0.25) is 6.79 Å². The molecule has 0 aliphatic carbocycles. The first kappa shape index (κ1) is 22.1. The number of carbonyl (C=O) groups excluding carboxylic acids is 1. The van der Waals surface area contributed by atoms with E-state index in [1.165, 1.54) is 0 Å². The molecule has 2 heterocycles. The van der Waals surface area contributed by atoms with Gasteiger partial charge in [0.1, 0.15) is 0 Å². The van der Waals surface area contributed by atoms with E-state index >= 15 is 0 Å². The van der Waals surface area contributed by atoms with Crippen LogP contribution in [0.2, 0.25) is 0 Å². The fraction of sp³-hybridized carbons (Fsp3) is 0.273. The smallest absolute Gasteiger partial charge is 0.337 e. The molecule has 3 N–H and O–H groups in total. The average molecular weight is 476 g/mol. The summed E-state index contributed by atoms with van der Waals surface area (Å²) in [5.41, 5.74) is 9.53. The summed E-state index contributed by atoms with van der Waals surface area (Å²) in [6.07, 6.45) is 0. The molecule has 1 aromatic heterocycles. The number of alkyl halides is 2. The van der Waals surface area contributed by atoms with Crippen molar-refractivity contribution in [3.05, 3.63) is 48.2 Å². The van der Waals surface area contributed by atoms with Crippen molar-refractivity contribution in [1.29, 1.82) is 0 Å². The largest absolute Gasteiger partial charge is 0.454 e. The molecule has 10 heteroatoms. The molecule has 0 saturated carbocycles. The number of amides is 2. The predicted molar refractivity (Wildman–Crippen MR) is 128 cm³/mol. The zero-order valence-corrected chi connectivity index (χ0v) is 19.0. The van der Waals surface area contributed by atoms with E-state index in [1.54, 1.807) is 0 Å². The lowest BCUT2D eigenvalue weighted by molar-refractivity contribution is 0.174. The van der Waals surface area contributed by atoms with E-state index in [1.807, 2.05) is 49.4 Å². The molecule has 4 rings (SSSR count). The summed E-state index contributed by atoms with van der Waals surface area (Å²) in [4.78, 5) is 19.1. The molecular formula is C22H23Cl2N5O3. The molecule has 168 valence electrons. The van der Waals surface area contributed by atoms with Gasteiger partial charge in [0.15, 0.2) is 11.5 Å². The number of benzene rings is 2. The summed E-state index contributed by atoms with van der Waals surface area (Å²) in [5, 5.41) is 3.61. The molecule has 32 heavy (non-hydrogen) atoms. The highest BCUT2D eigenvalue weighted by atomic mass is 35.5. The van der Waals surface area contributed by atoms with E-state index in [0.29, 0.717) is 47.7 Å². The van der Waals surface area contributed by atoms with Crippen LogP contribution in [-0.2, 0) is 0 Å². The third-order valence-electron chi connectivity index (χ3n) is 4.94. The van der Waals surface area contributed by atoms with Gasteiger partial charge in [0.25, 0.3) is 0 Å². The Balaban J connectivity index is 1.41. The number of carbonyl (C=O) groups is 1. The minimum absolute atomic E-state index is 0.183. The number of halogens is 2. The summed E-state index contributed by atoms with van der Waals surface area (Å²) in [6.45, 7) is 3.47. The molecule has 1 aliphatic heterocycles. The number of aryl methyl sites for hydroxylation is 1. The third kappa shape index (κ3) is 5.03. The van der Waals surface area contributed by atoms with Crippen LogP contribution in [0, 0.1) is 6.92 Å². The quantitative estimate of drug-likeness (QED) is 0.323. The Kier molecular flexibility index (Phi) is 6.92. The number of pyridine rings is 1. The van der Waals surface area contributed by atoms with Crippen molar-refractivity contribution in [3.8, 4) is 11.5 Å². The van der Waals surface area contributed by atoms with Crippen LogP contribution in [-0.4, -0.2) is 42.7 Å². The molecule has 2 aromatic carbocycles. The fourth-order valence-corrected chi connectivity index (χ4v) is 3.88. The van der Waals surface area contributed by atoms with E-state index in [2.05, 4.69) is 26.1 Å². The van der Waals surface area contributed by atoms with Gasteiger partial charge in [-0.1, -0.05) is 0 Å². The van der Waals surface area contributed by atoms with Crippen LogP contribution in [0.1, 0.15) is 5.69 Å². The second kappa shape index (κ2) is 10.0. The topological polar surface area (TPSA) is 87.8 Å². The lowest BCUT2D eigenvalue weighted by atomic mass is 10.1. The number of rotatable bonds is 8. The number of anilines is 3. The fourth-order valence-electron chi connectivity index (χ4n) is 3.47. The molecule has 0 saturated heterocycles. The van der Waals surface area contributed by atoms with E-state index in [-0.39, 0.29) is 6.79 Å². The highest BCUT2D eigenvalue weighted by molar-refractivity contribution is 6.18. The first-order valence-electron chi connectivity index (χ1n) is 10.1. The van der Waals surface area contributed by atoms with Gasteiger partial charge >= 0.3 is 6.03 Å². The lowest BCUT2D eigenvalue weighted by Gasteiger charge is -2.23. The maximum absolute atomic E-state index is 12.4. The van der Waals surface area contributed by atoms with E-state index < -0.39 is 6.03 Å². The van der Waals surface area contributed by atoms with Crippen molar-refractivity contribution in [1.82, 2.24) is 10.4 Å². The van der Waals surface area contributed by atoms with Gasteiger partial charge in [-0.25, -0.2) is 4.79 Å². The van der Waals surface area contributed by atoms with Crippen LogP contribution in [0.25, 0.3) is 10.9 Å². The first-order valence-corrected chi connectivity index (χ1v) is 11.1. The number of aromatic nitrogens is 1. The zero-order valence-electron chi connectivity index (χ0n) is 17.5. The highest BCUT2D eigenvalue weighted by Crippen LogP contribution is 2.37. The van der Waals surface area contributed by atoms with Crippen LogP contribution in [0.5, 0.6) is 11.5 Å². The summed E-state index contributed by atoms with van der Waals surface area (Å²) in [7, 11) is 0. The van der Waals surface area contributed by atoms with Gasteiger partial charge in [-0.2, -0.15) is 0 Å². The van der Waals surface area contributed by atoms with E-state index in [0.717, 1.165) is 22.3 Å². The number of ether oxygens (including phenoxy) is 2. The minimum Gasteiger partial charge on any atom is -0.454 e. The normalized spacial score (nSPS) is 12.0. The van der Waals surface area contributed by atoms with Crippen LogP contribution in [0.15, 0.2) is 42.5 Å². The Hall–Kier alpha value is -3.10. The third-order valence-corrected chi connectivity index (χ3v) is 5.28. The molecule has 0 atom stereocenters. The number of hydrazine groups is 1. The van der Waals surface area contributed by atoms with Crippen LogP contribution < -0.4 is 30.5 Å². The summed E-state index contributed by atoms with van der Waals surface area (Å²) in [5.74, 6) is 2.33. The van der Waals surface area contributed by atoms with Crippen molar-refractivity contribution in [3.63, 3.8) is 0 Å². The standard InChI is InChI=1S/C22H23Cl2N5O3/c1-14-10-19(17-11-20-21(32-13-31-20)12-18(17)25-14)27-28-22(30)26-15-2-4-16(5-3-15)29(8-6-23)9-7-24/h2-5,10-12H,6-9,13H2,1H3,(H,25,27)(H2,26,28,30).